The number of benzene rings is 1. The van der Waals surface area contributed by atoms with E-state index in [0.717, 1.165) is 21.5 Å². The molecule has 0 atom stereocenters. The molecule has 90 valence electrons. The van der Waals surface area contributed by atoms with Crippen molar-refractivity contribution in [3.63, 3.8) is 0 Å². The molecular formula is C13H11N3OS. The van der Waals surface area contributed by atoms with Gasteiger partial charge in [-0.3, -0.25) is 9.89 Å². The Balaban J connectivity index is 1.85. The number of aromatic nitrogens is 2. The first kappa shape index (κ1) is 11.0. The number of anilines is 1. The molecule has 2 heterocycles. The minimum absolute atomic E-state index is 0.0813. The number of H-pyrrole nitrogens is 1. The molecule has 0 aliphatic rings. The van der Waals surface area contributed by atoms with E-state index in [0.29, 0.717) is 5.56 Å². The molecule has 1 amide bonds. The first-order valence-electron chi connectivity index (χ1n) is 5.52. The molecule has 3 aromatic rings. The molecule has 2 N–H and O–H groups in total. The van der Waals surface area contributed by atoms with Crippen LogP contribution in [-0.4, -0.2) is 16.1 Å². The van der Waals surface area contributed by atoms with Crippen molar-refractivity contribution in [1.29, 1.82) is 0 Å². The second-order valence-electron chi connectivity index (χ2n) is 4.07. The maximum atomic E-state index is 12.0. The number of rotatable bonds is 2. The Bertz CT molecular complexity index is 714. The zero-order valence-corrected chi connectivity index (χ0v) is 10.5. The van der Waals surface area contributed by atoms with Crippen LogP contribution in [0.4, 0.5) is 5.69 Å². The third-order valence-electron chi connectivity index (χ3n) is 2.69. The van der Waals surface area contributed by atoms with Gasteiger partial charge in [-0.05, 0) is 31.2 Å². The number of nitrogens with zero attached hydrogens (tertiary/aromatic N) is 1. The van der Waals surface area contributed by atoms with Crippen LogP contribution in [0.5, 0.6) is 0 Å². The van der Waals surface area contributed by atoms with Crippen molar-refractivity contribution in [3.05, 3.63) is 46.3 Å². The number of aryl methyl sites for hydroxylation is 1. The van der Waals surface area contributed by atoms with Gasteiger partial charge in [0, 0.05) is 21.3 Å². The summed E-state index contributed by atoms with van der Waals surface area (Å²) in [6.45, 7) is 1.99. The van der Waals surface area contributed by atoms with Crippen molar-refractivity contribution >= 4 is 33.8 Å². The van der Waals surface area contributed by atoms with Crippen molar-refractivity contribution in [2.75, 3.05) is 5.32 Å². The highest BCUT2D eigenvalue weighted by Gasteiger charge is 2.08. The monoisotopic (exact) mass is 257 g/mol. The van der Waals surface area contributed by atoms with E-state index in [4.69, 9.17) is 0 Å². The summed E-state index contributed by atoms with van der Waals surface area (Å²) in [5, 5.41) is 12.5. The molecule has 4 nitrogen and oxygen atoms in total. The number of hydrogen-bond acceptors (Lipinski definition) is 3. The molecule has 0 fully saturated rings. The summed E-state index contributed by atoms with van der Waals surface area (Å²) in [5.41, 5.74) is 2.43. The van der Waals surface area contributed by atoms with Crippen LogP contribution in [0.25, 0.3) is 10.9 Å². The molecule has 0 saturated heterocycles. The van der Waals surface area contributed by atoms with E-state index in [1.165, 1.54) is 0 Å². The van der Waals surface area contributed by atoms with E-state index in [2.05, 4.69) is 15.5 Å². The van der Waals surface area contributed by atoms with E-state index in [9.17, 15) is 4.79 Å². The van der Waals surface area contributed by atoms with Gasteiger partial charge in [-0.15, -0.1) is 11.3 Å². The Hall–Kier alpha value is -2.14. The Labute approximate surface area is 108 Å². The van der Waals surface area contributed by atoms with E-state index in [1.807, 2.05) is 36.6 Å². The van der Waals surface area contributed by atoms with Gasteiger partial charge in [0.25, 0.3) is 5.91 Å². The molecule has 0 spiro atoms. The minimum atomic E-state index is -0.0813. The van der Waals surface area contributed by atoms with Crippen LogP contribution >= 0.6 is 11.3 Å². The molecule has 2 aromatic heterocycles. The second-order valence-corrected chi connectivity index (χ2v) is 5.19. The fourth-order valence-corrected chi connectivity index (χ4v) is 2.47. The van der Waals surface area contributed by atoms with Gasteiger partial charge >= 0.3 is 0 Å². The zero-order valence-electron chi connectivity index (χ0n) is 9.73. The second kappa shape index (κ2) is 4.27. The Morgan fingerprint density at radius 2 is 2.28 bits per heavy atom. The first-order valence-corrected chi connectivity index (χ1v) is 6.40. The fourth-order valence-electron chi connectivity index (χ4n) is 1.79. The number of carbonyl (C=O) groups is 1. The molecular weight excluding hydrogens is 246 g/mol. The summed E-state index contributed by atoms with van der Waals surface area (Å²) in [6, 6.07) is 7.54. The van der Waals surface area contributed by atoms with Crippen molar-refractivity contribution in [2.24, 2.45) is 0 Å². The van der Waals surface area contributed by atoms with Gasteiger partial charge in [-0.1, -0.05) is 0 Å². The topological polar surface area (TPSA) is 57.8 Å². The van der Waals surface area contributed by atoms with Crippen molar-refractivity contribution < 1.29 is 4.79 Å². The number of fused-ring (bicyclic) bond motifs is 1. The van der Waals surface area contributed by atoms with Gasteiger partial charge in [-0.2, -0.15) is 5.10 Å². The maximum Gasteiger partial charge on any atom is 0.256 e. The number of carbonyl (C=O) groups excluding carboxylic acids is 1. The predicted octanol–water partition coefficient (Wildman–Crippen LogP) is 3.19. The maximum absolute atomic E-state index is 12.0. The Kier molecular flexibility index (Phi) is 2.60. The van der Waals surface area contributed by atoms with Gasteiger partial charge in [0.05, 0.1) is 17.3 Å². The van der Waals surface area contributed by atoms with E-state index in [-0.39, 0.29) is 5.91 Å². The average molecular weight is 257 g/mol. The SMILES string of the molecule is Cc1cc(C(=O)Nc2ccc3[nH]ncc3c2)cs1. The van der Waals surface area contributed by atoms with Crippen molar-refractivity contribution in [3.8, 4) is 0 Å². The zero-order chi connectivity index (χ0) is 12.5. The lowest BCUT2D eigenvalue weighted by Crippen LogP contribution is -2.10. The molecule has 3 rings (SSSR count). The third-order valence-corrected chi connectivity index (χ3v) is 3.55. The van der Waals surface area contributed by atoms with Gasteiger partial charge in [-0.25, -0.2) is 0 Å². The third kappa shape index (κ3) is 2.00. The average Bonchev–Trinajstić information content (AvgIpc) is 2.96. The van der Waals surface area contributed by atoms with Crippen molar-refractivity contribution in [1.82, 2.24) is 10.2 Å². The van der Waals surface area contributed by atoms with Crippen LogP contribution in [0.15, 0.2) is 35.8 Å². The molecule has 0 saturated carbocycles. The van der Waals surface area contributed by atoms with Crippen molar-refractivity contribution in [2.45, 2.75) is 6.92 Å². The predicted molar refractivity (Wildman–Crippen MR) is 73.1 cm³/mol. The standard InChI is InChI=1S/C13H11N3OS/c1-8-4-10(7-18-8)13(17)15-11-2-3-12-9(5-11)6-14-16-12/h2-7H,1H3,(H,14,16)(H,15,17). The minimum Gasteiger partial charge on any atom is -0.322 e. The molecule has 1 aromatic carbocycles. The van der Waals surface area contributed by atoms with Gasteiger partial charge in [0.2, 0.25) is 0 Å². The number of nitrogens with one attached hydrogen (secondary N) is 2. The van der Waals surface area contributed by atoms with Gasteiger partial charge in [0.15, 0.2) is 0 Å². The molecule has 0 aliphatic heterocycles. The van der Waals surface area contributed by atoms with E-state index in [1.54, 1.807) is 17.5 Å². The highest BCUT2D eigenvalue weighted by molar-refractivity contribution is 7.10. The molecule has 0 bridgehead atoms. The van der Waals surface area contributed by atoms with Crippen LogP contribution in [0.3, 0.4) is 0 Å². The summed E-state index contributed by atoms with van der Waals surface area (Å²) >= 11 is 1.57. The lowest BCUT2D eigenvalue weighted by atomic mass is 10.2. The summed E-state index contributed by atoms with van der Waals surface area (Å²) in [6.07, 6.45) is 1.74. The lowest BCUT2D eigenvalue weighted by Gasteiger charge is -2.03. The quantitative estimate of drug-likeness (QED) is 0.740. The summed E-state index contributed by atoms with van der Waals surface area (Å²) in [7, 11) is 0. The van der Waals surface area contributed by atoms with Gasteiger partial charge < -0.3 is 5.32 Å². The number of hydrogen-bond donors (Lipinski definition) is 2. The number of thiophene rings is 1. The van der Waals surface area contributed by atoms with E-state index < -0.39 is 0 Å². The van der Waals surface area contributed by atoms with Crippen LogP contribution < -0.4 is 5.32 Å². The highest BCUT2D eigenvalue weighted by atomic mass is 32.1. The highest BCUT2D eigenvalue weighted by Crippen LogP contribution is 2.19. The molecule has 5 heteroatoms. The Morgan fingerprint density at radius 3 is 3.06 bits per heavy atom. The number of aromatic amines is 1. The lowest BCUT2D eigenvalue weighted by molar-refractivity contribution is 0.102. The number of amides is 1. The largest absolute Gasteiger partial charge is 0.322 e. The summed E-state index contributed by atoms with van der Waals surface area (Å²) < 4.78 is 0. The normalized spacial score (nSPS) is 10.7. The smallest absolute Gasteiger partial charge is 0.256 e. The van der Waals surface area contributed by atoms with Crippen LogP contribution in [0.1, 0.15) is 15.2 Å². The summed E-state index contributed by atoms with van der Waals surface area (Å²) in [5.74, 6) is -0.0813. The van der Waals surface area contributed by atoms with Crippen LogP contribution in [0, 0.1) is 6.92 Å². The fraction of sp³-hybridized carbons (Fsp3) is 0.0769. The molecule has 0 unspecified atom stereocenters. The molecule has 0 aliphatic carbocycles. The molecule has 18 heavy (non-hydrogen) atoms. The summed E-state index contributed by atoms with van der Waals surface area (Å²) in [4.78, 5) is 13.1. The van der Waals surface area contributed by atoms with Gasteiger partial charge in [0.1, 0.15) is 0 Å². The van der Waals surface area contributed by atoms with Crippen LogP contribution in [-0.2, 0) is 0 Å². The first-order chi connectivity index (χ1) is 8.72. The van der Waals surface area contributed by atoms with E-state index >= 15 is 0 Å². The Morgan fingerprint density at radius 1 is 1.39 bits per heavy atom. The van der Waals surface area contributed by atoms with Crippen LogP contribution in [0.2, 0.25) is 0 Å². The molecule has 0 radical (unpaired) electrons.